The topological polar surface area (TPSA) is 107 Å². The van der Waals surface area contributed by atoms with Gasteiger partial charge >= 0.3 is 24.4 Å². The Labute approximate surface area is 243 Å². The van der Waals surface area contributed by atoms with Crippen LogP contribution in [0.25, 0.3) is 0 Å². The lowest BCUT2D eigenvalue weighted by atomic mass is 9.93. The minimum Gasteiger partial charge on any atom is -0.389 e. The monoisotopic (exact) mass is 619 g/mol. The van der Waals surface area contributed by atoms with Crippen molar-refractivity contribution in [2.24, 2.45) is 0 Å². The molecule has 2 heterocycles. The third kappa shape index (κ3) is 7.56. The van der Waals surface area contributed by atoms with E-state index >= 15 is 0 Å². The number of benzene rings is 2. The van der Waals surface area contributed by atoms with Gasteiger partial charge in [0.15, 0.2) is 6.29 Å². The summed E-state index contributed by atoms with van der Waals surface area (Å²) in [5, 5.41) is 16.0. The van der Waals surface area contributed by atoms with E-state index in [4.69, 9.17) is 9.47 Å². The van der Waals surface area contributed by atoms with Crippen LogP contribution in [0.1, 0.15) is 11.1 Å². The third-order valence-electron chi connectivity index (χ3n) is 7.12. The molecular formula is C27H31F6N5O5. The fourth-order valence-electron chi connectivity index (χ4n) is 4.95. The summed E-state index contributed by atoms with van der Waals surface area (Å²) in [6, 6.07) is 2.48. The molecule has 2 aromatic carbocycles. The second kappa shape index (κ2) is 12.7. The molecule has 16 heteroatoms. The molecule has 0 aromatic heterocycles. The van der Waals surface area contributed by atoms with Crippen LogP contribution in [0, 0.1) is 0 Å². The van der Waals surface area contributed by atoms with Crippen LogP contribution in [0.5, 0.6) is 0 Å². The molecule has 2 aliphatic heterocycles. The van der Waals surface area contributed by atoms with Crippen LogP contribution in [0.2, 0.25) is 0 Å². The molecule has 0 aliphatic carbocycles. The molecule has 5 atom stereocenters. The number of nitrogens with zero attached hydrogens (tertiary/aromatic N) is 3. The lowest BCUT2D eigenvalue weighted by Gasteiger charge is -2.45. The number of aliphatic hydroxyl groups excluding tert-OH is 1. The number of imide groups is 1. The Morgan fingerprint density at radius 3 is 1.84 bits per heavy atom. The second-order valence-electron chi connectivity index (χ2n) is 10.5. The molecule has 10 nitrogen and oxygen atoms in total. The molecule has 236 valence electrons. The lowest BCUT2D eigenvalue weighted by Crippen LogP contribution is -2.67. The molecule has 0 radical (unpaired) electrons. The first-order valence-electron chi connectivity index (χ1n) is 13.1. The number of hydrogen-bond acceptors (Lipinski definition) is 7. The maximum atomic E-state index is 13.6. The molecule has 43 heavy (non-hydrogen) atoms. The Balaban J connectivity index is 1.68. The fourth-order valence-corrected chi connectivity index (χ4v) is 4.95. The summed E-state index contributed by atoms with van der Waals surface area (Å²) < 4.78 is 91.3. The van der Waals surface area contributed by atoms with E-state index in [-0.39, 0.29) is 18.0 Å². The van der Waals surface area contributed by atoms with E-state index in [2.05, 4.69) is 10.6 Å². The van der Waals surface area contributed by atoms with Crippen LogP contribution in [0.4, 0.5) is 47.3 Å². The summed E-state index contributed by atoms with van der Waals surface area (Å²) in [6.45, 7) is 0.840. The molecule has 0 saturated carbocycles. The average Bonchev–Trinajstić information content (AvgIpc) is 3.33. The molecule has 3 N–H and O–H groups in total. The van der Waals surface area contributed by atoms with Gasteiger partial charge in [-0.2, -0.15) is 26.3 Å². The number of ether oxygens (including phenoxy) is 2. The summed E-state index contributed by atoms with van der Waals surface area (Å²) in [5.41, 5.74) is -2.77. The number of likely N-dealkylation sites (N-methyl/N-ethyl adjacent to an activating group) is 2. The quantitative estimate of drug-likeness (QED) is 0.400. The molecule has 4 rings (SSSR count). The van der Waals surface area contributed by atoms with E-state index in [1.165, 1.54) is 0 Å². The molecule has 2 aliphatic rings. The molecule has 2 bridgehead atoms. The van der Waals surface area contributed by atoms with Crippen molar-refractivity contribution in [2.75, 3.05) is 51.5 Å². The highest BCUT2D eigenvalue weighted by Gasteiger charge is 2.55. The SMILES string of the molecule is CN(C)CCN(C)[C@H]1[C@@H]2OC[C@@H](O2)[C@@H](N(C(=O)Nc2cccc(C(F)(F)F)c2)C(=O)Nc2cccc(C(F)(F)F)c2)[C@@H]1O. The van der Waals surface area contributed by atoms with Gasteiger partial charge in [-0.3, -0.25) is 4.90 Å². The van der Waals surface area contributed by atoms with E-state index in [0.29, 0.717) is 30.1 Å². The van der Waals surface area contributed by atoms with Crippen molar-refractivity contribution in [1.29, 1.82) is 0 Å². The Kier molecular flexibility index (Phi) is 9.56. The summed E-state index contributed by atoms with van der Waals surface area (Å²) >= 11 is 0. The Hall–Kier alpha value is -3.44. The maximum absolute atomic E-state index is 13.6. The van der Waals surface area contributed by atoms with Crippen LogP contribution in [0.3, 0.4) is 0 Å². The largest absolute Gasteiger partial charge is 0.416 e. The number of anilines is 2. The molecule has 0 spiro atoms. The van der Waals surface area contributed by atoms with Crippen molar-refractivity contribution in [1.82, 2.24) is 14.7 Å². The number of nitrogens with one attached hydrogen (secondary N) is 2. The lowest BCUT2D eigenvalue weighted by molar-refractivity contribution is -0.186. The first-order valence-corrected chi connectivity index (χ1v) is 13.1. The van der Waals surface area contributed by atoms with Gasteiger partial charge < -0.3 is 30.1 Å². The van der Waals surface area contributed by atoms with Crippen LogP contribution in [-0.4, -0.2) is 103 Å². The normalized spacial score (nSPS) is 23.9. The number of alkyl halides is 6. The van der Waals surface area contributed by atoms with Crippen molar-refractivity contribution < 1.29 is 50.5 Å². The number of fused-ring (bicyclic) bond motifs is 2. The smallest absolute Gasteiger partial charge is 0.389 e. The first kappa shape index (κ1) is 32.5. The number of rotatable bonds is 7. The maximum Gasteiger partial charge on any atom is 0.416 e. The zero-order valence-electron chi connectivity index (χ0n) is 23.3. The van der Waals surface area contributed by atoms with Crippen molar-refractivity contribution >= 4 is 23.4 Å². The third-order valence-corrected chi connectivity index (χ3v) is 7.12. The molecule has 2 fully saturated rings. The number of urea groups is 2. The number of amides is 4. The Morgan fingerprint density at radius 2 is 1.37 bits per heavy atom. The van der Waals surface area contributed by atoms with Gasteiger partial charge in [-0.1, -0.05) is 12.1 Å². The predicted molar refractivity (Wildman–Crippen MR) is 142 cm³/mol. The van der Waals surface area contributed by atoms with E-state index in [1.54, 1.807) is 11.9 Å². The minimum absolute atomic E-state index is 0.144. The average molecular weight is 620 g/mol. The summed E-state index contributed by atoms with van der Waals surface area (Å²) in [4.78, 5) is 31.3. The Bertz CT molecular complexity index is 1240. The van der Waals surface area contributed by atoms with Crippen LogP contribution in [-0.2, 0) is 21.8 Å². The molecule has 2 aromatic rings. The van der Waals surface area contributed by atoms with Crippen LogP contribution >= 0.6 is 0 Å². The van der Waals surface area contributed by atoms with E-state index in [9.17, 15) is 41.0 Å². The van der Waals surface area contributed by atoms with Gasteiger partial charge in [-0.05, 0) is 57.5 Å². The number of carbonyl (C=O) groups excluding carboxylic acids is 2. The van der Waals surface area contributed by atoms with Crippen LogP contribution in [0.15, 0.2) is 48.5 Å². The number of halogens is 6. The van der Waals surface area contributed by atoms with Crippen molar-refractivity contribution in [2.45, 2.75) is 42.9 Å². The van der Waals surface area contributed by atoms with Crippen molar-refractivity contribution in [3.8, 4) is 0 Å². The molecule has 0 unspecified atom stereocenters. The van der Waals surface area contributed by atoms with E-state index < -0.39 is 66.1 Å². The van der Waals surface area contributed by atoms with Gasteiger partial charge in [-0.15, -0.1) is 0 Å². The van der Waals surface area contributed by atoms with Gasteiger partial charge in [-0.25, -0.2) is 14.5 Å². The van der Waals surface area contributed by atoms with Gasteiger partial charge in [0.1, 0.15) is 6.10 Å². The molecule has 2 saturated heterocycles. The van der Waals surface area contributed by atoms with Gasteiger partial charge in [0.05, 0.1) is 35.9 Å². The standard InChI is InChI=1S/C27H31F6N5O5/c1-36(2)10-11-37(3)21-22(39)20(19-14-42-23(21)43-19)38(24(40)34-17-8-4-6-15(12-17)26(28,29)30)25(41)35-18-9-5-7-16(13-18)27(31,32)33/h4-9,12-13,19-23,39H,10-11,14H2,1-3H3,(H,34,40)(H,35,41)/t19-,20-,21-,22+,23-/m1/s1. The fraction of sp³-hybridized carbons (Fsp3) is 0.481. The predicted octanol–water partition coefficient (Wildman–Crippen LogP) is 4.14. The highest BCUT2D eigenvalue weighted by atomic mass is 19.4. The molecule has 4 amide bonds. The highest BCUT2D eigenvalue weighted by molar-refractivity contribution is 6.05. The highest BCUT2D eigenvalue weighted by Crippen LogP contribution is 2.36. The zero-order valence-corrected chi connectivity index (χ0v) is 23.3. The summed E-state index contributed by atoms with van der Waals surface area (Å²) in [5.74, 6) is 0. The van der Waals surface area contributed by atoms with Crippen molar-refractivity contribution in [3.63, 3.8) is 0 Å². The van der Waals surface area contributed by atoms with Gasteiger partial charge in [0.25, 0.3) is 0 Å². The number of hydrogen-bond donors (Lipinski definition) is 3. The number of aliphatic hydroxyl groups is 1. The van der Waals surface area contributed by atoms with Crippen molar-refractivity contribution in [3.05, 3.63) is 59.7 Å². The molecular weight excluding hydrogens is 588 g/mol. The Morgan fingerprint density at radius 1 is 0.860 bits per heavy atom. The first-order chi connectivity index (χ1) is 20.1. The van der Waals surface area contributed by atoms with E-state index in [1.807, 2.05) is 19.0 Å². The zero-order chi connectivity index (χ0) is 31.7. The van der Waals surface area contributed by atoms with Crippen LogP contribution < -0.4 is 10.6 Å². The number of carbonyl (C=O) groups is 2. The summed E-state index contributed by atoms with van der Waals surface area (Å²) in [6.07, 6.45) is -12.9. The summed E-state index contributed by atoms with van der Waals surface area (Å²) in [7, 11) is 5.35. The second-order valence-corrected chi connectivity index (χ2v) is 10.5. The van der Waals surface area contributed by atoms with Gasteiger partial charge in [0, 0.05) is 24.5 Å². The van der Waals surface area contributed by atoms with Gasteiger partial charge in [0.2, 0.25) is 0 Å². The van der Waals surface area contributed by atoms with E-state index in [0.717, 1.165) is 36.4 Å². The minimum atomic E-state index is -4.73.